The molecule has 31 heavy (non-hydrogen) atoms. The van der Waals surface area contributed by atoms with Crippen LogP contribution in [0.25, 0.3) is 11.3 Å². The van der Waals surface area contributed by atoms with E-state index < -0.39 is 10.0 Å². The van der Waals surface area contributed by atoms with Gasteiger partial charge in [-0.2, -0.15) is 4.31 Å². The Morgan fingerprint density at radius 1 is 1.06 bits per heavy atom. The molecule has 1 aromatic heterocycles. The minimum absolute atomic E-state index is 0.108. The largest absolute Gasteiger partial charge is 0.507 e. The lowest BCUT2D eigenvalue weighted by atomic mass is 10.0. The SMILES string of the molecule is CS(=O)(=O)N1CCN(c2cc(-c3ccccc3O)nnc2N)CC1Cc1ccccc1. The molecule has 1 fully saturated rings. The maximum Gasteiger partial charge on any atom is 0.211 e. The van der Waals surface area contributed by atoms with Crippen LogP contribution in [-0.2, 0) is 16.4 Å². The average molecular weight is 440 g/mol. The number of aromatic nitrogens is 2. The number of anilines is 2. The van der Waals surface area contributed by atoms with E-state index in [9.17, 15) is 13.5 Å². The van der Waals surface area contributed by atoms with Crippen LogP contribution in [0.2, 0.25) is 0 Å². The summed E-state index contributed by atoms with van der Waals surface area (Å²) in [6.07, 6.45) is 1.84. The molecule has 0 bridgehead atoms. The monoisotopic (exact) mass is 439 g/mol. The van der Waals surface area contributed by atoms with Crippen molar-refractivity contribution in [2.24, 2.45) is 0 Å². The van der Waals surface area contributed by atoms with Gasteiger partial charge in [-0.15, -0.1) is 10.2 Å². The summed E-state index contributed by atoms with van der Waals surface area (Å²) in [4.78, 5) is 2.04. The second-order valence-electron chi connectivity index (χ2n) is 7.68. The highest BCUT2D eigenvalue weighted by Gasteiger charge is 2.34. The molecule has 0 amide bonds. The number of piperazine rings is 1. The highest BCUT2D eigenvalue weighted by Crippen LogP contribution is 2.32. The summed E-state index contributed by atoms with van der Waals surface area (Å²) in [6.45, 7) is 1.30. The Kier molecular flexibility index (Phi) is 5.79. The number of benzene rings is 2. The van der Waals surface area contributed by atoms with Crippen molar-refractivity contribution in [1.82, 2.24) is 14.5 Å². The first kappa shape index (κ1) is 21.1. The Morgan fingerprint density at radius 2 is 1.77 bits per heavy atom. The molecule has 9 heteroatoms. The van der Waals surface area contributed by atoms with Gasteiger partial charge in [-0.05, 0) is 30.2 Å². The minimum atomic E-state index is -3.35. The molecule has 4 rings (SSSR count). The van der Waals surface area contributed by atoms with Crippen molar-refractivity contribution in [3.8, 4) is 17.0 Å². The summed E-state index contributed by atoms with van der Waals surface area (Å²) >= 11 is 0. The van der Waals surface area contributed by atoms with Crippen molar-refractivity contribution in [3.63, 3.8) is 0 Å². The van der Waals surface area contributed by atoms with Gasteiger partial charge in [-0.1, -0.05) is 42.5 Å². The predicted molar refractivity (Wildman–Crippen MR) is 121 cm³/mol. The Balaban J connectivity index is 1.66. The van der Waals surface area contributed by atoms with Gasteiger partial charge >= 0.3 is 0 Å². The third-order valence-corrected chi connectivity index (χ3v) is 6.82. The molecule has 0 radical (unpaired) electrons. The van der Waals surface area contributed by atoms with Gasteiger partial charge in [0.25, 0.3) is 0 Å². The summed E-state index contributed by atoms with van der Waals surface area (Å²) in [7, 11) is -3.35. The van der Waals surface area contributed by atoms with E-state index in [4.69, 9.17) is 5.73 Å². The lowest BCUT2D eigenvalue weighted by Gasteiger charge is -2.41. The molecular formula is C22H25N5O3S. The van der Waals surface area contributed by atoms with E-state index in [1.165, 1.54) is 6.26 Å². The average Bonchev–Trinajstić information content (AvgIpc) is 2.74. The first-order valence-electron chi connectivity index (χ1n) is 10.00. The van der Waals surface area contributed by atoms with E-state index in [0.29, 0.717) is 43.0 Å². The van der Waals surface area contributed by atoms with E-state index in [0.717, 1.165) is 5.56 Å². The smallest absolute Gasteiger partial charge is 0.211 e. The van der Waals surface area contributed by atoms with Crippen LogP contribution in [0.15, 0.2) is 60.7 Å². The maximum atomic E-state index is 12.4. The summed E-state index contributed by atoms with van der Waals surface area (Å²) in [5, 5.41) is 18.4. The van der Waals surface area contributed by atoms with Crippen molar-refractivity contribution >= 4 is 21.5 Å². The van der Waals surface area contributed by atoms with Gasteiger partial charge in [-0.25, -0.2) is 8.42 Å². The highest BCUT2D eigenvalue weighted by molar-refractivity contribution is 7.88. The predicted octanol–water partition coefficient (Wildman–Crippen LogP) is 2.12. The van der Waals surface area contributed by atoms with Gasteiger partial charge in [0.05, 0.1) is 17.6 Å². The molecule has 0 aliphatic carbocycles. The molecule has 1 saturated heterocycles. The minimum Gasteiger partial charge on any atom is -0.507 e. The topological polar surface area (TPSA) is 113 Å². The lowest BCUT2D eigenvalue weighted by molar-refractivity contribution is 0.290. The molecule has 1 atom stereocenters. The van der Waals surface area contributed by atoms with E-state index in [1.54, 1.807) is 28.6 Å². The number of nitrogens with two attached hydrogens (primary N) is 1. The molecular weight excluding hydrogens is 414 g/mol. The molecule has 2 heterocycles. The van der Waals surface area contributed by atoms with Crippen LogP contribution in [0.1, 0.15) is 5.56 Å². The Labute approximate surface area is 182 Å². The van der Waals surface area contributed by atoms with Gasteiger partial charge in [0.2, 0.25) is 10.0 Å². The molecule has 162 valence electrons. The van der Waals surface area contributed by atoms with Gasteiger partial charge in [0, 0.05) is 31.2 Å². The molecule has 0 saturated carbocycles. The number of sulfonamides is 1. The molecule has 0 spiro atoms. The van der Waals surface area contributed by atoms with Crippen LogP contribution in [-0.4, -0.2) is 60.0 Å². The number of aromatic hydroxyl groups is 1. The second kappa shape index (κ2) is 8.52. The van der Waals surface area contributed by atoms with Crippen LogP contribution in [0.4, 0.5) is 11.5 Å². The van der Waals surface area contributed by atoms with Gasteiger partial charge in [0.15, 0.2) is 5.82 Å². The van der Waals surface area contributed by atoms with E-state index in [-0.39, 0.29) is 17.6 Å². The third kappa shape index (κ3) is 4.62. The molecule has 1 aliphatic heterocycles. The quantitative estimate of drug-likeness (QED) is 0.626. The van der Waals surface area contributed by atoms with Gasteiger partial charge in [-0.3, -0.25) is 0 Å². The number of rotatable bonds is 5. The maximum absolute atomic E-state index is 12.4. The Hall–Kier alpha value is -3.17. The molecule has 3 N–H and O–H groups in total. The van der Waals surface area contributed by atoms with Crippen LogP contribution in [0, 0.1) is 0 Å². The van der Waals surface area contributed by atoms with Crippen LogP contribution < -0.4 is 10.6 Å². The number of nitrogens with zero attached hydrogens (tertiary/aromatic N) is 4. The fourth-order valence-electron chi connectivity index (χ4n) is 4.01. The van der Waals surface area contributed by atoms with E-state index in [1.807, 2.05) is 41.3 Å². The summed E-state index contributed by atoms with van der Waals surface area (Å²) in [5.41, 5.74) is 8.96. The lowest BCUT2D eigenvalue weighted by Crippen LogP contribution is -2.56. The number of phenols is 1. The van der Waals surface area contributed by atoms with Gasteiger partial charge in [0.1, 0.15) is 5.75 Å². The summed E-state index contributed by atoms with van der Waals surface area (Å²) < 4.78 is 26.4. The number of para-hydroxylation sites is 1. The zero-order valence-corrected chi connectivity index (χ0v) is 18.0. The van der Waals surface area contributed by atoms with Crippen molar-refractivity contribution < 1.29 is 13.5 Å². The number of hydrogen-bond donors (Lipinski definition) is 2. The second-order valence-corrected chi connectivity index (χ2v) is 9.62. The molecule has 3 aromatic rings. The third-order valence-electron chi connectivity index (χ3n) is 5.49. The molecule has 1 aliphatic rings. The first-order chi connectivity index (χ1) is 14.8. The number of phenolic OH excluding ortho intramolecular Hbond substituents is 1. The normalized spacial score (nSPS) is 17.6. The zero-order chi connectivity index (χ0) is 22.0. The van der Waals surface area contributed by atoms with Crippen molar-refractivity contribution in [1.29, 1.82) is 0 Å². The summed E-state index contributed by atoms with van der Waals surface area (Å²) in [5.74, 6) is 0.377. The Bertz CT molecular complexity index is 1170. The first-order valence-corrected chi connectivity index (χ1v) is 11.8. The zero-order valence-electron chi connectivity index (χ0n) is 17.2. The van der Waals surface area contributed by atoms with Crippen molar-refractivity contribution in [3.05, 3.63) is 66.2 Å². The molecule has 1 unspecified atom stereocenters. The number of nitrogen functional groups attached to an aromatic ring is 1. The fourth-order valence-corrected chi connectivity index (χ4v) is 5.11. The van der Waals surface area contributed by atoms with Gasteiger partial charge < -0.3 is 15.7 Å². The van der Waals surface area contributed by atoms with Crippen molar-refractivity contribution in [2.45, 2.75) is 12.5 Å². The van der Waals surface area contributed by atoms with E-state index in [2.05, 4.69) is 10.2 Å². The van der Waals surface area contributed by atoms with Crippen molar-refractivity contribution in [2.75, 3.05) is 36.5 Å². The Morgan fingerprint density at radius 3 is 2.48 bits per heavy atom. The van der Waals surface area contributed by atoms with Crippen LogP contribution in [0.3, 0.4) is 0 Å². The molecule has 2 aromatic carbocycles. The summed E-state index contributed by atoms with van der Waals surface area (Å²) in [6, 6.07) is 18.3. The number of hydrogen-bond acceptors (Lipinski definition) is 7. The fraction of sp³-hybridized carbons (Fsp3) is 0.273. The van der Waals surface area contributed by atoms with Crippen LogP contribution in [0.5, 0.6) is 5.75 Å². The van der Waals surface area contributed by atoms with Crippen LogP contribution >= 0.6 is 0 Å². The van der Waals surface area contributed by atoms with E-state index >= 15 is 0 Å². The molecule has 8 nitrogen and oxygen atoms in total. The standard InChI is InChI=1S/C22H25N5O3S/c1-31(29,30)27-12-11-26(15-17(27)13-16-7-3-2-4-8-16)20-14-19(24-25-22(20)23)18-9-5-6-10-21(18)28/h2-10,14,17,28H,11-13,15H2,1H3,(H2,23,25). The highest BCUT2D eigenvalue weighted by atomic mass is 32.2.